The van der Waals surface area contributed by atoms with Gasteiger partial charge in [0.15, 0.2) is 6.79 Å². The fourth-order valence-electron chi connectivity index (χ4n) is 3.50. The van der Waals surface area contributed by atoms with Gasteiger partial charge in [-0.3, -0.25) is 0 Å². The molecule has 0 saturated carbocycles. The van der Waals surface area contributed by atoms with E-state index in [0.29, 0.717) is 0 Å². The minimum atomic E-state index is -0.733. The van der Waals surface area contributed by atoms with Crippen molar-refractivity contribution in [1.82, 2.24) is 0 Å². The third kappa shape index (κ3) is 3.83. The molecule has 3 rings (SSSR count). The molecule has 5 nitrogen and oxygen atoms in total. The number of primary amides is 1. The Morgan fingerprint density at radius 2 is 1.96 bits per heavy atom. The van der Waals surface area contributed by atoms with E-state index in [1.807, 2.05) is 36.4 Å². The topological polar surface area (TPSA) is 70.8 Å². The van der Waals surface area contributed by atoms with E-state index < -0.39 is 6.09 Å². The molecule has 0 heterocycles. The molecule has 2 aromatic rings. The van der Waals surface area contributed by atoms with E-state index in [1.165, 1.54) is 5.56 Å². The number of aryl methyl sites for hydroxylation is 1. The van der Waals surface area contributed by atoms with Crippen molar-refractivity contribution >= 4 is 6.09 Å². The molecule has 0 spiro atoms. The van der Waals surface area contributed by atoms with E-state index in [9.17, 15) is 4.79 Å². The number of hydrogen-bond donors (Lipinski definition) is 1. The van der Waals surface area contributed by atoms with Gasteiger partial charge in [-0.2, -0.15) is 0 Å². The molecule has 0 saturated heterocycles. The van der Waals surface area contributed by atoms with Crippen molar-refractivity contribution < 1.29 is 19.0 Å². The predicted octanol–water partition coefficient (Wildman–Crippen LogP) is 4.45. The molecule has 1 atom stereocenters. The Morgan fingerprint density at radius 1 is 1.19 bits per heavy atom. The van der Waals surface area contributed by atoms with Gasteiger partial charge in [-0.05, 0) is 47.2 Å². The van der Waals surface area contributed by atoms with Crippen LogP contribution >= 0.6 is 0 Å². The van der Waals surface area contributed by atoms with Crippen LogP contribution in [0.25, 0.3) is 11.1 Å². The molecule has 0 radical (unpaired) electrons. The normalized spacial score (nSPS) is 18.0. The maximum atomic E-state index is 11.4. The SMILES string of the molecule is COCOc1cccc(-c2ccc3c(c2)CCC(C)(C)C3OC(N)=O)c1. The standard InChI is InChI=1S/C21H25NO4/c1-21(2)10-9-16-11-15(7-8-18(16)19(21)26-20(22)23)14-5-4-6-17(12-14)25-13-24-3/h4-8,11-12,19H,9-10,13H2,1-3H3,(H2,22,23). The molecular formula is C21H25NO4. The van der Waals surface area contributed by atoms with Gasteiger partial charge in [0.05, 0.1) is 0 Å². The van der Waals surface area contributed by atoms with Gasteiger partial charge < -0.3 is 19.9 Å². The van der Waals surface area contributed by atoms with Crippen molar-refractivity contribution in [3.63, 3.8) is 0 Å². The van der Waals surface area contributed by atoms with E-state index in [2.05, 4.69) is 19.9 Å². The lowest BCUT2D eigenvalue weighted by Crippen LogP contribution is -2.33. The molecule has 1 aliphatic carbocycles. The Bertz CT molecular complexity index is 800. The van der Waals surface area contributed by atoms with Crippen molar-refractivity contribution in [3.8, 4) is 16.9 Å². The quantitative estimate of drug-likeness (QED) is 0.805. The number of rotatable bonds is 5. The first-order chi connectivity index (χ1) is 12.4. The Morgan fingerprint density at radius 3 is 2.69 bits per heavy atom. The Balaban J connectivity index is 1.93. The lowest BCUT2D eigenvalue weighted by molar-refractivity contribution is 0.0147. The number of amides is 1. The largest absolute Gasteiger partial charge is 0.468 e. The van der Waals surface area contributed by atoms with Crippen LogP contribution in [-0.4, -0.2) is 20.0 Å². The smallest absolute Gasteiger partial charge is 0.405 e. The van der Waals surface area contributed by atoms with Gasteiger partial charge in [0, 0.05) is 12.5 Å². The third-order valence-electron chi connectivity index (χ3n) is 4.92. The first-order valence-corrected chi connectivity index (χ1v) is 8.72. The zero-order chi connectivity index (χ0) is 18.7. The van der Waals surface area contributed by atoms with Crippen LogP contribution in [-0.2, 0) is 15.9 Å². The minimum absolute atomic E-state index is 0.141. The molecule has 0 bridgehead atoms. The van der Waals surface area contributed by atoms with Gasteiger partial charge in [-0.15, -0.1) is 0 Å². The summed E-state index contributed by atoms with van der Waals surface area (Å²) < 4.78 is 15.9. The molecule has 2 aromatic carbocycles. The first kappa shape index (κ1) is 18.3. The fourth-order valence-corrected chi connectivity index (χ4v) is 3.50. The zero-order valence-electron chi connectivity index (χ0n) is 15.5. The first-order valence-electron chi connectivity index (χ1n) is 8.72. The molecule has 1 amide bonds. The van der Waals surface area contributed by atoms with E-state index in [-0.39, 0.29) is 18.3 Å². The van der Waals surface area contributed by atoms with Crippen molar-refractivity contribution in [1.29, 1.82) is 0 Å². The van der Waals surface area contributed by atoms with Gasteiger partial charge in [-0.1, -0.05) is 44.2 Å². The summed E-state index contributed by atoms with van der Waals surface area (Å²) in [6.07, 6.45) is 0.810. The average molecular weight is 355 g/mol. The monoisotopic (exact) mass is 355 g/mol. The molecule has 1 unspecified atom stereocenters. The molecule has 0 aromatic heterocycles. The number of fused-ring (bicyclic) bond motifs is 1. The molecular weight excluding hydrogens is 330 g/mol. The van der Waals surface area contributed by atoms with E-state index in [0.717, 1.165) is 35.3 Å². The summed E-state index contributed by atoms with van der Waals surface area (Å²) in [4.78, 5) is 11.4. The fraction of sp³-hybridized carbons (Fsp3) is 0.381. The van der Waals surface area contributed by atoms with E-state index in [4.69, 9.17) is 19.9 Å². The number of methoxy groups -OCH3 is 1. The molecule has 0 fully saturated rings. The molecule has 5 heteroatoms. The summed E-state index contributed by atoms with van der Waals surface area (Å²) in [7, 11) is 1.60. The molecule has 2 N–H and O–H groups in total. The molecule has 138 valence electrons. The highest BCUT2D eigenvalue weighted by Gasteiger charge is 2.38. The van der Waals surface area contributed by atoms with Crippen LogP contribution in [0.4, 0.5) is 4.79 Å². The van der Waals surface area contributed by atoms with Crippen molar-refractivity contribution in [2.75, 3.05) is 13.9 Å². The van der Waals surface area contributed by atoms with Crippen LogP contribution < -0.4 is 10.5 Å². The second kappa shape index (κ2) is 7.38. The number of benzene rings is 2. The lowest BCUT2D eigenvalue weighted by atomic mass is 9.71. The number of nitrogens with two attached hydrogens (primary N) is 1. The van der Waals surface area contributed by atoms with Gasteiger partial charge in [-0.25, -0.2) is 4.79 Å². The number of carbonyl (C=O) groups is 1. The Kier molecular flexibility index (Phi) is 5.18. The second-order valence-corrected chi connectivity index (χ2v) is 7.30. The number of ether oxygens (including phenoxy) is 3. The molecule has 0 aliphatic heterocycles. The molecule has 26 heavy (non-hydrogen) atoms. The highest BCUT2D eigenvalue weighted by Crippen LogP contribution is 2.46. The van der Waals surface area contributed by atoms with Crippen LogP contribution in [0, 0.1) is 5.41 Å². The Hall–Kier alpha value is -2.53. The summed E-state index contributed by atoms with van der Waals surface area (Å²) in [5, 5.41) is 0. The van der Waals surface area contributed by atoms with Crippen molar-refractivity contribution in [2.45, 2.75) is 32.8 Å². The minimum Gasteiger partial charge on any atom is -0.468 e. The summed E-state index contributed by atoms with van der Waals surface area (Å²) in [6.45, 7) is 4.43. The summed E-state index contributed by atoms with van der Waals surface area (Å²) >= 11 is 0. The third-order valence-corrected chi connectivity index (χ3v) is 4.92. The summed E-state index contributed by atoms with van der Waals surface area (Å²) in [5.41, 5.74) is 9.55. The second-order valence-electron chi connectivity index (χ2n) is 7.30. The summed E-state index contributed by atoms with van der Waals surface area (Å²) in [5.74, 6) is 0.762. The Labute approximate surface area is 154 Å². The van der Waals surface area contributed by atoms with Crippen LogP contribution in [0.5, 0.6) is 5.75 Å². The predicted molar refractivity (Wildman–Crippen MR) is 99.9 cm³/mol. The zero-order valence-corrected chi connectivity index (χ0v) is 15.5. The van der Waals surface area contributed by atoms with Gasteiger partial charge >= 0.3 is 6.09 Å². The van der Waals surface area contributed by atoms with Crippen LogP contribution in [0.3, 0.4) is 0 Å². The number of carbonyl (C=O) groups excluding carboxylic acids is 1. The van der Waals surface area contributed by atoms with E-state index in [1.54, 1.807) is 7.11 Å². The highest BCUT2D eigenvalue weighted by atomic mass is 16.7. The van der Waals surface area contributed by atoms with Crippen LogP contribution in [0.1, 0.15) is 37.5 Å². The van der Waals surface area contributed by atoms with Crippen molar-refractivity contribution in [3.05, 3.63) is 53.6 Å². The molecule has 1 aliphatic rings. The highest BCUT2D eigenvalue weighted by molar-refractivity contribution is 5.68. The van der Waals surface area contributed by atoms with Gasteiger partial charge in [0.2, 0.25) is 0 Å². The van der Waals surface area contributed by atoms with E-state index >= 15 is 0 Å². The summed E-state index contributed by atoms with van der Waals surface area (Å²) in [6, 6.07) is 14.2. The van der Waals surface area contributed by atoms with Crippen LogP contribution in [0.15, 0.2) is 42.5 Å². The number of hydrogen-bond acceptors (Lipinski definition) is 4. The van der Waals surface area contributed by atoms with Gasteiger partial charge in [0.25, 0.3) is 0 Å². The van der Waals surface area contributed by atoms with Crippen molar-refractivity contribution in [2.24, 2.45) is 11.1 Å². The van der Waals surface area contributed by atoms with Gasteiger partial charge in [0.1, 0.15) is 11.9 Å². The average Bonchev–Trinajstić information content (AvgIpc) is 2.62. The maximum absolute atomic E-state index is 11.4. The maximum Gasteiger partial charge on any atom is 0.405 e. The lowest BCUT2D eigenvalue weighted by Gasteiger charge is -2.39. The van der Waals surface area contributed by atoms with Crippen LogP contribution in [0.2, 0.25) is 0 Å².